The van der Waals surface area contributed by atoms with Crippen LogP contribution in [0.25, 0.3) is 0 Å². The lowest BCUT2D eigenvalue weighted by atomic mass is 9.73. The molecule has 0 saturated heterocycles. The van der Waals surface area contributed by atoms with Gasteiger partial charge in [0.25, 0.3) is 0 Å². The van der Waals surface area contributed by atoms with E-state index in [0.717, 1.165) is 29.8 Å². The second kappa shape index (κ2) is 6.19. The van der Waals surface area contributed by atoms with Crippen LogP contribution < -0.4 is 5.32 Å². The highest BCUT2D eigenvalue weighted by molar-refractivity contribution is 9.10. The Morgan fingerprint density at radius 3 is 2.70 bits per heavy atom. The maximum Gasteiger partial charge on any atom is 0.0178 e. The Labute approximate surface area is 131 Å². The summed E-state index contributed by atoms with van der Waals surface area (Å²) >= 11 is 3.58. The normalized spacial score (nSPS) is 37.5. The van der Waals surface area contributed by atoms with Gasteiger partial charge < -0.3 is 5.32 Å². The lowest BCUT2D eigenvalue weighted by Crippen LogP contribution is -2.50. The average Bonchev–Trinajstić information content (AvgIpc) is 2.38. The fourth-order valence-corrected chi connectivity index (χ4v) is 4.32. The molecule has 3 atom stereocenters. The number of hydrogen-bond acceptors (Lipinski definition) is 1. The molecule has 2 heteroatoms. The largest absolute Gasteiger partial charge is 0.311 e. The van der Waals surface area contributed by atoms with E-state index in [1.165, 1.54) is 42.1 Å². The Morgan fingerprint density at radius 2 is 1.95 bits per heavy atom. The lowest BCUT2D eigenvalue weighted by Gasteiger charge is -2.43. The van der Waals surface area contributed by atoms with Crippen LogP contribution in [0.1, 0.15) is 57.4 Å². The van der Waals surface area contributed by atoms with Crippen LogP contribution >= 0.6 is 15.9 Å². The molecule has 0 heterocycles. The van der Waals surface area contributed by atoms with Crippen molar-refractivity contribution in [3.8, 4) is 0 Å². The first-order valence-corrected chi connectivity index (χ1v) is 8.94. The van der Waals surface area contributed by atoms with Crippen molar-refractivity contribution in [1.29, 1.82) is 0 Å². The molecule has 1 nitrogen and oxygen atoms in total. The maximum atomic E-state index is 3.94. The molecular weight excluding hydrogens is 310 g/mol. The molecule has 1 aromatic rings. The summed E-state index contributed by atoms with van der Waals surface area (Å²) in [5.41, 5.74) is 1.50. The minimum Gasteiger partial charge on any atom is -0.311 e. The van der Waals surface area contributed by atoms with Gasteiger partial charge in [0, 0.05) is 16.6 Å². The molecule has 1 N–H and O–H groups in total. The van der Waals surface area contributed by atoms with E-state index in [0.29, 0.717) is 0 Å². The summed E-state index contributed by atoms with van der Waals surface area (Å²) in [6.07, 6.45) is 6.83. The average molecular weight is 336 g/mol. The zero-order valence-corrected chi connectivity index (χ0v) is 14.2. The molecule has 2 fully saturated rings. The van der Waals surface area contributed by atoms with E-state index < -0.39 is 0 Å². The Bertz CT molecular complexity index is 452. The molecule has 0 amide bonds. The number of rotatable bonds is 3. The van der Waals surface area contributed by atoms with Gasteiger partial charge in [0.15, 0.2) is 0 Å². The smallest absolute Gasteiger partial charge is 0.0178 e. The van der Waals surface area contributed by atoms with Gasteiger partial charge in [-0.1, -0.05) is 54.8 Å². The number of benzene rings is 1. The highest BCUT2D eigenvalue weighted by Crippen LogP contribution is 2.39. The molecule has 110 valence electrons. The number of nitrogens with one attached hydrogen (secondary N) is 1. The van der Waals surface area contributed by atoms with Gasteiger partial charge in [-0.3, -0.25) is 0 Å². The minimum atomic E-state index is 0.747. The van der Waals surface area contributed by atoms with Gasteiger partial charge in [0.05, 0.1) is 0 Å². The zero-order valence-electron chi connectivity index (χ0n) is 12.6. The van der Waals surface area contributed by atoms with Crippen molar-refractivity contribution in [2.45, 2.75) is 64.0 Å². The molecule has 0 aromatic heterocycles. The van der Waals surface area contributed by atoms with Crippen LogP contribution in [-0.2, 0) is 0 Å². The first-order valence-electron chi connectivity index (χ1n) is 8.15. The van der Waals surface area contributed by atoms with Crippen molar-refractivity contribution >= 4 is 15.9 Å². The molecule has 1 aromatic carbocycles. The topological polar surface area (TPSA) is 12.0 Å². The summed E-state index contributed by atoms with van der Waals surface area (Å²) in [4.78, 5) is 0. The second-order valence-electron chi connectivity index (χ2n) is 6.96. The van der Waals surface area contributed by atoms with E-state index in [1.807, 2.05) is 0 Å². The molecule has 0 aliphatic heterocycles. The summed E-state index contributed by atoms with van der Waals surface area (Å²) in [6.45, 7) is 4.86. The third kappa shape index (κ3) is 3.12. The summed E-state index contributed by atoms with van der Waals surface area (Å²) in [5, 5.41) is 3.94. The Balaban J connectivity index is 1.51. The van der Waals surface area contributed by atoms with Crippen molar-refractivity contribution in [2.24, 2.45) is 11.8 Å². The first kappa shape index (κ1) is 14.6. The number of halogens is 1. The summed E-state index contributed by atoms with van der Waals surface area (Å²) < 4.78 is 1.21. The van der Waals surface area contributed by atoms with Crippen LogP contribution in [0.3, 0.4) is 0 Å². The Hall–Kier alpha value is -0.340. The predicted octanol–water partition coefficient (Wildman–Crippen LogP) is 5.11. The van der Waals surface area contributed by atoms with Crippen molar-refractivity contribution in [1.82, 2.24) is 5.32 Å². The van der Waals surface area contributed by atoms with Crippen LogP contribution in [0.4, 0.5) is 0 Å². The van der Waals surface area contributed by atoms with Crippen LogP contribution in [0.2, 0.25) is 0 Å². The first-order chi connectivity index (χ1) is 9.63. The molecular formula is C18H26BrN. The van der Waals surface area contributed by atoms with Crippen LogP contribution in [0, 0.1) is 11.8 Å². The third-order valence-corrected chi connectivity index (χ3v) is 6.11. The second-order valence-corrected chi connectivity index (χ2v) is 7.88. The monoisotopic (exact) mass is 335 g/mol. The lowest BCUT2D eigenvalue weighted by molar-refractivity contribution is 0.162. The standard InChI is InChI=1S/C18H26BrN/c1-12-5-3-8-18(13(12)2)20-17-10-15(11-17)14-6-4-7-16(19)9-14/h4,6-7,9,12-13,15,17-18,20H,3,5,8,10-11H2,1-2H3. The predicted molar refractivity (Wildman–Crippen MR) is 89.0 cm³/mol. The molecule has 2 aliphatic rings. The van der Waals surface area contributed by atoms with Crippen molar-refractivity contribution in [3.63, 3.8) is 0 Å². The number of hydrogen-bond donors (Lipinski definition) is 1. The van der Waals surface area contributed by atoms with Crippen molar-refractivity contribution < 1.29 is 0 Å². The van der Waals surface area contributed by atoms with Gasteiger partial charge in [-0.25, -0.2) is 0 Å². The summed E-state index contributed by atoms with van der Waals surface area (Å²) in [6, 6.07) is 10.3. The SMILES string of the molecule is CC1CCCC(NC2CC(c3cccc(Br)c3)C2)C1C. The molecule has 0 spiro atoms. The van der Waals surface area contributed by atoms with Gasteiger partial charge in [-0.15, -0.1) is 0 Å². The van der Waals surface area contributed by atoms with E-state index in [-0.39, 0.29) is 0 Å². The van der Waals surface area contributed by atoms with Gasteiger partial charge >= 0.3 is 0 Å². The summed E-state index contributed by atoms with van der Waals surface area (Å²) in [5.74, 6) is 2.50. The quantitative estimate of drug-likeness (QED) is 0.809. The fourth-order valence-electron chi connectivity index (χ4n) is 3.91. The molecule has 0 radical (unpaired) electrons. The van der Waals surface area contributed by atoms with Gasteiger partial charge in [0.1, 0.15) is 0 Å². The van der Waals surface area contributed by atoms with Gasteiger partial charge in [0.2, 0.25) is 0 Å². The zero-order chi connectivity index (χ0) is 14.1. The van der Waals surface area contributed by atoms with E-state index in [4.69, 9.17) is 0 Å². The Morgan fingerprint density at radius 1 is 1.15 bits per heavy atom. The van der Waals surface area contributed by atoms with Crippen LogP contribution in [0.15, 0.2) is 28.7 Å². The molecule has 20 heavy (non-hydrogen) atoms. The maximum absolute atomic E-state index is 3.94. The highest BCUT2D eigenvalue weighted by atomic mass is 79.9. The highest BCUT2D eigenvalue weighted by Gasteiger charge is 2.34. The van der Waals surface area contributed by atoms with Crippen LogP contribution in [-0.4, -0.2) is 12.1 Å². The molecule has 2 aliphatic carbocycles. The van der Waals surface area contributed by atoms with Crippen molar-refractivity contribution in [3.05, 3.63) is 34.3 Å². The van der Waals surface area contributed by atoms with E-state index >= 15 is 0 Å². The molecule has 2 saturated carbocycles. The summed E-state index contributed by atoms with van der Waals surface area (Å²) in [7, 11) is 0. The van der Waals surface area contributed by atoms with Gasteiger partial charge in [-0.05, 0) is 54.7 Å². The molecule has 0 bridgehead atoms. The Kier molecular flexibility index (Phi) is 4.52. The van der Waals surface area contributed by atoms with Gasteiger partial charge in [-0.2, -0.15) is 0 Å². The van der Waals surface area contributed by atoms with Crippen molar-refractivity contribution in [2.75, 3.05) is 0 Å². The van der Waals surface area contributed by atoms with E-state index in [2.05, 4.69) is 59.4 Å². The molecule has 3 rings (SSSR count). The van der Waals surface area contributed by atoms with Crippen LogP contribution in [0.5, 0.6) is 0 Å². The molecule has 3 unspecified atom stereocenters. The fraction of sp³-hybridized carbons (Fsp3) is 0.667. The van der Waals surface area contributed by atoms with E-state index in [9.17, 15) is 0 Å². The van der Waals surface area contributed by atoms with E-state index in [1.54, 1.807) is 0 Å². The third-order valence-electron chi connectivity index (χ3n) is 5.61. The minimum absolute atomic E-state index is 0.747.